The Bertz CT molecular complexity index is 633. The van der Waals surface area contributed by atoms with Gasteiger partial charge in [0.25, 0.3) is 0 Å². The van der Waals surface area contributed by atoms with E-state index in [2.05, 4.69) is 22.6 Å². The smallest absolute Gasteiger partial charge is 0.236 e. The monoisotopic (exact) mass is 355 g/mol. The van der Waals surface area contributed by atoms with E-state index < -0.39 is 10.0 Å². The predicted molar refractivity (Wildman–Crippen MR) is 69.9 cm³/mol. The fourth-order valence-corrected chi connectivity index (χ4v) is 3.72. The minimum absolute atomic E-state index is 0.569. The van der Waals surface area contributed by atoms with Gasteiger partial charge in [-0.05, 0) is 34.7 Å². The summed E-state index contributed by atoms with van der Waals surface area (Å²) in [5.74, 6) is 0. The van der Waals surface area contributed by atoms with Crippen molar-refractivity contribution in [2.24, 2.45) is 0 Å². The zero-order chi connectivity index (χ0) is 11.2. The van der Waals surface area contributed by atoms with Crippen molar-refractivity contribution in [3.05, 3.63) is 33.0 Å². The van der Waals surface area contributed by atoms with Crippen molar-refractivity contribution in [2.75, 3.05) is 6.26 Å². The number of benzene rings is 1. The van der Waals surface area contributed by atoms with Crippen molar-refractivity contribution in [2.45, 2.75) is 0 Å². The first-order valence-electron chi connectivity index (χ1n) is 4.07. The number of hydrogen-bond acceptors (Lipinski definition) is 2. The molecule has 0 aliphatic heterocycles. The molecule has 80 valence electrons. The highest BCUT2D eigenvalue weighted by molar-refractivity contribution is 14.1. The number of aromatic nitrogens is 1. The Morgan fingerprint density at radius 3 is 2.67 bits per heavy atom. The first-order valence-corrected chi connectivity index (χ1v) is 7.37. The van der Waals surface area contributed by atoms with Crippen LogP contribution in [0.2, 0.25) is 5.02 Å². The first kappa shape index (κ1) is 11.2. The average molecular weight is 356 g/mol. The molecule has 1 heterocycles. The molecule has 0 fully saturated rings. The largest absolute Gasteiger partial charge is 0.244 e. The second-order valence-corrected chi connectivity index (χ2v) is 6.60. The lowest BCUT2D eigenvalue weighted by molar-refractivity contribution is 0.595. The number of fused-ring (bicyclic) bond motifs is 1. The summed E-state index contributed by atoms with van der Waals surface area (Å²) >= 11 is 8.09. The third-order valence-corrected chi connectivity index (χ3v) is 4.21. The lowest BCUT2D eigenvalue weighted by atomic mass is 10.2. The zero-order valence-corrected chi connectivity index (χ0v) is 11.5. The van der Waals surface area contributed by atoms with Crippen molar-refractivity contribution in [3.8, 4) is 0 Å². The highest BCUT2D eigenvalue weighted by Gasteiger charge is 2.14. The average Bonchev–Trinajstić information content (AvgIpc) is 2.44. The van der Waals surface area contributed by atoms with Crippen LogP contribution >= 0.6 is 34.2 Å². The lowest BCUT2D eigenvalue weighted by Gasteiger charge is -2.01. The van der Waals surface area contributed by atoms with Crippen LogP contribution in [-0.2, 0) is 10.0 Å². The van der Waals surface area contributed by atoms with E-state index in [1.165, 1.54) is 10.2 Å². The molecule has 2 aromatic rings. The molecule has 0 saturated heterocycles. The van der Waals surface area contributed by atoms with E-state index in [9.17, 15) is 8.42 Å². The van der Waals surface area contributed by atoms with Crippen LogP contribution in [-0.4, -0.2) is 18.6 Å². The molecular formula is C9H7ClINO2S. The van der Waals surface area contributed by atoms with Crippen LogP contribution < -0.4 is 0 Å². The first-order chi connectivity index (χ1) is 6.91. The molecule has 15 heavy (non-hydrogen) atoms. The van der Waals surface area contributed by atoms with E-state index in [0.717, 1.165) is 8.96 Å². The molecular weight excluding hydrogens is 349 g/mol. The van der Waals surface area contributed by atoms with Crippen molar-refractivity contribution in [1.82, 2.24) is 3.97 Å². The fourth-order valence-electron chi connectivity index (χ4n) is 1.44. The number of nitrogens with zero attached hydrogens (tertiary/aromatic N) is 1. The van der Waals surface area contributed by atoms with Crippen LogP contribution in [0.25, 0.3) is 10.9 Å². The normalized spacial score (nSPS) is 12.2. The summed E-state index contributed by atoms with van der Waals surface area (Å²) in [6.07, 6.45) is 2.75. The summed E-state index contributed by atoms with van der Waals surface area (Å²) in [6.45, 7) is 0. The molecule has 0 saturated carbocycles. The van der Waals surface area contributed by atoms with Gasteiger partial charge in [-0.3, -0.25) is 0 Å². The summed E-state index contributed by atoms with van der Waals surface area (Å²) in [5.41, 5.74) is 0.620. The third kappa shape index (κ3) is 1.88. The molecule has 0 amide bonds. The summed E-state index contributed by atoms with van der Waals surface area (Å²) in [7, 11) is -3.27. The minimum Gasteiger partial charge on any atom is -0.244 e. The highest BCUT2D eigenvalue weighted by atomic mass is 127. The van der Waals surface area contributed by atoms with Gasteiger partial charge in [-0.2, -0.15) is 0 Å². The van der Waals surface area contributed by atoms with Crippen LogP contribution in [0.1, 0.15) is 0 Å². The number of rotatable bonds is 1. The van der Waals surface area contributed by atoms with Crippen molar-refractivity contribution < 1.29 is 8.42 Å². The van der Waals surface area contributed by atoms with Gasteiger partial charge < -0.3 is 0 Å². The van der Waals surface area contributed by atoms with Gasteiger partial charge in [0, 0.05) is 15.2 Å². The molecule has 6 heteroatoms. The van der Waals surface area contributed by atoms with Crippen LogP contribution in [0.5, 0.6) is 0 Å². The lowest BCUT2D eigenvalue weighted by Crippen LogP contribution is -2.07. The molecule has 3 nitrogen and oxygen atoms in total. The Kier molecular flexibility index (Phi) is 2.72. The van der Waals surface area contributed by atoms with Crippen LogP contribution in [0.3, 0.4) is 0 Å². The van der Waals surface area contributed by atoms with E-state index in [1.807, 2.05) is 0 Å². The molecule has 1 aromatic heterocycles. The summed E-state index contributed by atoms with van der Waals surface area (Å²) in [4.78, 5) is 0. The molecule has 1 aromatic carbocycles. The zero-order valence-electron chi connectivity index (χ0n) is 7.74. The van der Waals surface area contributed by atoms with Gasteiger partial charge in [-0.1, -0.05) is 17.7 Å². The SMILES string of the molecule is CS(=O)(=O)n1cc(I)c2c(Cl)cccc21. The van der Waals surface area contributed by atoms with Gasteiger partial charge in [0.05, 0.1) is 16.8 Å². The van der Waals surface area contributed by atoms with Gasteiger partial charge >= 0.3 is 0 Å². The topological polar surface area (TPSA) is 39.1 Å². The molecule has 0 unspecified atom stereocenters. The van der Waals surface area contributed by atoms with E-state index in [-0.39, 0.29) is 0 Å². The predicted octanol–water partition coefficient (Wildman–Crippen LogP) is 2.71. The maximum Gasteiger partial charge on any atom is 0.236 e. The Hall–Kier alpha value is -0.270. The van der Waals surface area contributed by atoms with Crippen LogP contribution in [0.15, 0.2) is 24.4 Å². The molecule has 0 spiro atoms. The van der Waals surface area contributed by atoms with Gasteiger partial charge in [0.2, 0.25) is 10.0 Å². The quantitative estimate of drug-likeness (QED) is 0.738. The van der Waals surface area contributed by atoms with Gasteiger partial charge in [-0.15, -0.1) is 0 Å². The standard InChI is InChI=1S/C9H7ClINO2S/c1-15(13,14)12-5-7(11)9-6(10)3-2-4-8(9)12/h2-5H,1H3. The molecule has 0 aliphatic rings. The highest BCUT2D eigenvalue weighted by Crippen LogP contribution is 2.30. The minimum atomic E-state index is -3.27. The summed E-state index contributed by atoms with van der Waals surface area (Å²) in [6, 6.07) is 5.23. The molecule has 0 N–H and O–H groups in total. The summed E-state index contributed by atoms with van der Waals surface area (Å²) < 4.78 is 25.1. The van der Waals surface area contributed by atoms with Crippen molar-refractivity contribution in [3.63, 3.8) is 0 Å². The Labute approximate surface area is 106 Å². The van der Waals surface area contributed by atoms with Crippen LogP contribution in [0, 0.1) is 3.57 Å². The number of halogens is 2. The Morgan fingerprint density at radius 1 is 1.40 bits per heavy atom. The van der Waals surface area contributed by atoms with Crippen molar-refractivity contribution in [1.29, 1.82) is 0 Å². The molecule has 2 rings (SSSR count). The van der Waals surface area contributed by atoms with Crippen molar-refractivity contribution >= 4 is 55.1 Å². The van der Waals surface area contributed by atoms with E-state index in [1.54, 1.807) is 24.4 Å². The molecule has 0 radical (unpaired) electrons. The van der Waals surface area contributed by atoms with Crippen LogP contribution in [0.4, 0.5) is 0 Å². The second kappa shape index (κ2) is 3.64. The molecule has 0 aliphatic carbocycles. The maximum atomic E-state index is 11.5. The van der Waals surface area contributed by atoms with E-state index in [0.29, 0.717) is 10.5 Å². The van der Waals surface area contributed by atoms with E-state index in [4.69, 9.17) is 11.6 Å². The van der Waals surface area contributed by atoms with E-state index >= 15 is 0 Å². The van der Waals surface area contributed by atoms with Gasteiger partial charge in [0.15, 0.2) is 0 Å². The number of hydrogen-bond donors (Lipinski definition) is 0. The third-order valence-electron chi connectivity index (χ3n) is 2.06. The molecule has 0 bridgehead atoms. The summed E-state index contributed by atoms with van der Waals surface area (Å²) in [5, 5.41) is 1.35. The van der Waals surface area contributed by atoms with Gasteiger partial charge in [0.1, 0.15) is 0 Å². The van der Waals surface area contributed by atoms with Gasteiger partial charge in [-0.25, -0.2) is 12.4 Å². The Balaban J connectivity index is 2.98. The Morgan fingerprint density at radius 2 is 2.07 bits per heavy atom. The second-order valence-electron chi connectivity index (χ2n) is 3.17. The maximum absolute atomic E-state index is 11.5. The fraction of sp³-hybridized carbons (Fsp3) is 0.111. The molecule has 0 atom stereocenters.